The minimum absolute atomic E-state index is 0.132. The molecule has 0 saturated heterocycles. The fourth-order valence-electron chi connectivity index (χ4n) is 1.58. The van der Waals surface area contributed by atoms with Crippen LogP contribution in [-0.2, 0) is 16.6 Å². The van der Waals surface area contributed by atoms with Crippen LogP contribution in [0.3, 0.4) is 0 Å². The molecular formula is C13H12BrNO3S. The lowest BCUT2D eigenvalue weighted by Gasteiger charge is -2.09. The van der Waals surface area contributed by atoms with Crippen molar-refractivity contribution in [1.29, 1.82) is 0 Å². The average molecular weight is 342 g/mol. The first-order valence-corrected chi connectivity index (χ1v) is 7.77. The maximum absolute atomic E-state index is 12.2. The molecule has 19 heavy (non-hydrogen) atoms. The van der Waals surface area contributed by atoms with Crippen LogP contribution in [0.4, 0.5) is 5.69 Å². The highest BCUT2D eigenvalue weighted by Gasteiger charge is 2.14. The Morgan fingerprint density at radius 1 is 1.11 bits per heavy atom. The van der Waals surface area contributed by atoms with Crippen LogP contribution in [0.1, 0.15) is 5.56 Å². The third-order valence-corrected chi connectivity index (χ3v) is 4.34. The Morgan fingerprint density at radius 2 is 1.84 bits per heavy atom. The van der Waals surface area contributed by atoms with Crippen LogP contribution in [0, 0.1) is 0 Å². The largest absolute Gasteiger partial charge is 0.392 e. The minimum atomic E-state index is -3.62. The lowest BCUT2D eigenvalue weighted by atomic mass is 10.2. The van der Waals surface area contributed by atoms with Gasteiger partial charge in [-0.3, -0.25) is 4.72 Å². The average Bonchev–Trinajstić information content (AvgIpc) is 2.38. The van der Waals surface area contributed by atoms with Crippen LogP contribution in [0.25, 0.3) is 0 Å². The highest BCUT2D eigenvalue weighted by molar-refractivity contribution is 9.10. The van der Waals surface area contributed by atoms with Crippen molar-refractivity contribution in [3.05, 3.63) is 58.6 Å². The van der Waals surface area contributed by atoms with E-state index >= 15 is 0 Å². The molecule has 2 aromatic rings. The smallest absolute Gasteiger partial charge is 0.261 e. The molecule has 0 aliphatic heterocycles. The number of hydrogen-bond acceptors (Lipinski definition) is 3. The van der Waals surface area contributed by atoms with Gasteiger partial charge in [-0.2, -0.15) is 0 Å². The Labute approximate surface area is 120 Å². The molecule has 0 amide bonds. The molecule has 0 aliphatic carbocycles. The van der Waals surface area contributed by atoms with E-state index in [-0.39, 0.29) is 11.5 Å². The number of benzene rings is 2. The molecule has 0 bridgehead atoms. The standard InChI is InChI=1S/C13H12BrNO3S/c14-11-4-2-6-13(8-11)19(17,18)15-12-5-1-3-10(7-12)9-16/h1-8,15-16H,9H2. The van der Waals surface area contributed by atoms with Crippen LogP contribution < -0.4 is 4.72 Å². The summed E-state index contributed by atoms with van der Waals surface area (Å²) in [5.41, 5.74) is 1.07. The van der Waals surface area contributed by atoms with E-state index < -0.39 is 10.0 Å². The van der Waals surface area contributed by atoms with Gasteiger partial charge >= 0.3 is 0 Å². The van der Waals surface area contributed by atoms with Crippen molar-refractivity contribution >= 4 is 31.6 Å². The van der Waals surface area contributed by atoms with Crippen molar-refractivity contribution in [1.82, 2.24) is 0 Å². The van der Waals surface area contributed by atoms with Gasteiger partial charge in [0.1, 0.15) is 0 Å². The van der Waals surface area contributed by atoms with Gasteiger partial charge in [-0.1, -0.05) is 34.1 Å². The molecule has 2 N–H and O–H groups in total. The van der Waals surface area contributed by atoms with Crippen LogP contribution in [-0.4, -0.2) is 13.5 Å². The summed E-state index contributed by atoms with van der Waals surface area (Å²) in [6, 6.07) is 13.1. The second kappa shape index (κ2) is 5.73. The van der Waals surface area contributed by atoms with Crippen molar-refractivity contribution < 1.29 is 13.5 Å². The lowest BCUT2D eigenvalue weighted by molar-refractivity contribution is 0.282. The molecule has 0 spiro atoms. The molecule has 0 radical (unpaired) electrons. The zero-order valence-electron chi connectivity index (χ0n) is 9.88. The number of aliphatic hydroxyl groups excluding tert-OH is 1. The number of nitrogens with one attached hydrogen (secondary N) is 1. The fourth-order valence-corrected chi connectivity index (χ4v) is 3.23. The van der Waals surface area contributed by atoms with Gasteiger partial charge in [0.15, 0.2) is 0 Å². The Kier molecular flexibility index (Phi) is 4.24. The Bertz CT molecular complexity index is 686. The second-order valence-electron chi connectivity index (χ2n) is 3.92. The first-order chi connectivity index (χ1) is 9.01. The molecule has 6 heteroatoms. The summed E-state index contributed by atoms with van der Waals surface area (Å²) >= 11 is 3.24. The quantitative estimate of drug-likeness (QED) is 0.898. The second-order valence-corrected chi connectivity index (χ2v) is 6.52. The lowest BCUT2D eigenvalue weighted by Crippen LogP contribution is -2.13. The summed E-state index contributed by atoms with van der Waals surface area (Å²) in [5.74, 6) is 0. The SMILES string of the molecule is O=S(=O)(Nc1cccc(CO)c1)c1cccc(Br)c1. The molecule has 100 valence electrons. The number of aliphatic hydroxyl groups is 1. The molecule has 0 atom stereocenters. The number of anilines is 1. The maximum atomic E-state index is 12.2. The van der Waals surface area contributed by atoms with Gasteiger partial charge in [-0.25, -0.2) is 8.42 Å². The molecule has 2 rings (SSSR count). The summed E-state index contributed by atoms with van der Waals surface area (Å²) in [6.07, 6.45) is 0. The highest BCUT2D eigenvalue weighted by Crippen LogP contribution is 2.20. The first kappa shape index (κ1) is 14.0. The molecular weight excluding hydrogens is 330 g/mol. The Morgan fingerprint density at radius 3 is 2.53 bits per heavy atom. The predicted molar refractivity (Wildman–Crippen MR) is 77.3 cm³/mol. The van der Waals surface area contributed by atoms with E-state index in [1.807, 2.05) is 0 Å². The van der Waals surface area contributed by atoms with Gasteiger partial charge < -0.3 is 5.11 Å². The third kappa shape index (κ3) is 3.56. The number of rotatable bonds is 4. The van der Waals surface area contributed by atoms with Gasteiger partial charge in [0.05, 0.1) is 11.5 Å². The molecule has 0 aromatic heterocycles. The topological polar surface area (TPSA) is 66.4 Å². The van der Waals surface area contributed by atoms with Crippen molar-refractivity contribution in [2.75, 3.05) is 4.72 Å². The minimum Gasteiger partial charge on any atom is -0.392 e. The van der Waals surface area contributed by atoms with E-state index in [0.717, 1.165) is 0 Å². The molecule has 0 unspecified atom stereocenters. The van der Waals surface area contributed by atoms with E-state index in [9.17, 15) is 8.42 Å². The van der Waals surface area contributed by atoms with Gasteiger partial charge in [-0.05, 0) is 35.9 Å². The molecule has 4 nitrogen and oxygen atoms in total. The van der Waals surface area contributed by atoms with Crippen molar-refractivity contribution in [3.8, 4) is 0 Å². The molecule has 0 saturated carbocycles. The van der Waals surface area contributed by atoms with Gasteiger partial charge in [0.25, 0.3) is 10.0 Å². The number of sulfonamides is 1. The van der Waals surface area contributed by atoms with Gasteiger partial charge in [0.2, 0.25) is 0 Å². The van der Waals surface area contributed by atoms with E-state index in [1.54, 1.807) is 36.4 Å². The summed E-state index contributed by atoms with van der Waals surface area (Å²) < 4.78 is 27.5. The summed E-state index contributed by atoms with van der Waals surface area (Å²) in [7, 11) is -3.62. The number of halogens is 1. The summed E-state index contributed by atoms with van der Waals surface area (Å²) in [4.78, 5) is 0.177. The van der Waals surface area contributed by atoms with Gasteiger partial charge in [-0.15, -0.1) is 0 Å². The zero-order valence-corrected chi connectivity index (χ0v) is 12.3. The van der Waals surface area contributed by atoms with Crippen LogP contribution >= 0.6 is 15.9 Å². The maximum Gasteiger partial charge on any atom is 0.261 e. The molecule has 0 aliphatic rings. The van der Waals surface area contributed by atoms with E-state index in [1.165, 1.54) is 12.1 Å². The summed E-state index contributed by atoms with van der Waals surface area (Å²) in [5, 5.41) is 9.03. The number of hydrogen-bond donors (Lipinski definition) is 2. The fraction of sp³-hybridized carbons (Fsp3) is 0.0769. The summed E-state index contributed by atoms with van der Waals surface area (Å²) in [6.45, 7) is -0.132. The Balaban J connectivity index is 2.31. The monoisotopic (exact) mass is 341 g/mol. The molecule has 2 aromatic carbocycles. The van der Waals surface area contributed by atoms with E-state index in [2.05, 4.69) is 20.7 Å². The van der Waals surface area contributed by atoms with Gasteiger partial charge in [0, 0.05) is 10.2 Å². The normalized spacial score (nSPS) is 11.3. The molecule has 0 heterocycles. The zero-order chi connectivity index (χ0) is 13.9. The highest BCUT2D eigenvalue weighted by atomic mass is 79.9. The van der Waals surface area contributed by atoms with Crippen LogP contribution in [0.5, 0.6) is 0 Å². The first-order valence-electron chi connectivity index (χ1n) is 5.49. The third-order valence-electron chi connectivity index (χ3n) is 2.47. The van der Waals surface area contributed by atoms with Crippen molar-refractivity contribution in [3.63, 3.8) is 0 Å². The van der Waals surface area contributed by atoms with Crippen molar-refractivity contribution in [2.45, 2.75) is 11.5 Å². The predicted octanol–water partition coefficient (Wildman–Crippen LogP) is 2.74. The van der Waals surface area contributed by atoms with Crippen LogP contribution in [0.2, 0.25) is 0 Å². The van der Waals surface area contributed by atoms with E-state index in [4.69, 9.17) is 5.11 Å². The Hall–Kier alpha value is -1.37. The van der Waals surface area contributed by atoms with E-state index in [0.29, 0.717) is 15.7 Å². The molecule has 0 fully saturated rings. The van der Waals surface area contributed by atoms with Crippen LogP contribution in [0.15, 0.2) is 57.9 Å². The van der Waals surface area contributed by atoms with Crippen molar-refractivity contribution in [2.24, 2.45) is 0 Å².